The van der Waals surface area contributed by atoms with E-state index in [0.717, 1.165) is 14.0 Å². The second-order valence-electron chi connectivity index (χ2n) is 6.68. The van der Waals surface area contributed by atoms with Crippen molar-refractivity contribution in [3.05, 3.63) is 32.4 Å². The summed E-state index contributed by atoms with van der Waals surface area (Å²) < 4.78 is 63.3. The highest BCUT2D eigenvalue weighted by Gasteiger charge is 2.33. The molecule has 1 amide bonds. The summed E-state index contributed by atoms with van der Waals surface area (Å²) in [6.07, 6.45) is -6.02. The summed E-state index contributed by atoms with van der Waals surface area (Å²) >= 11 is 6.35. The summed E-state index contributed by atoms with van der Waals surface area (Å²) in [6, 6.07) is -1.53. The highest BCUT2D eigenvalue weighted by Crippen LogP contribution is 2.38. The van der Waals surface area contributed by atoms with Gasteiger partial charge in [0.2, 0.25) is 5.91 Å². The lowest BCUT2D eigenvalue weighted by Gasteiger charge is -2.15. The predicted octanol–water partition coefficient (Wildman–Crippen LogP) is 5.33. The molecule has 0 aliphatic rings. The van der Waals surface area contributed by atoms with Crippen molar-refractivity contribution in [1.29, 1.82) is 0 Å². The SMILES string of the molecule is CCCOC(=O)c1c(NC(=O)C(C)n2nc(C(F)F)c(Cl)c2C(F)F)sc(C(=O)OC)c1C. The van der Waals surface area contributed by atoms with Gasteiger partial charge in [-0.05, 0) is 25.8 Å². The van der Waals surface area contributed by atoms with Crippen molar-refractivity contribution >= 4 is 45.8 Å². The number of methoxy groups -OCH3 is 1. The molecule has 2 heterocycles. The number of thiophene rings is 1. The average molecular weight is 514 g/mol. The normalized spacial score (nSPS) is 12.2. The number of amides is 1. The monoisotopic (exact) mass is 513 g/mol. The molecule has 0 aromatic carbocycles. The van der Waals surface area contributed by atoms with Crippen LogP contribution in [0.25, 0.3) is 0 Å². The number of anilines is 1. The summed E-state index contributed by atoms with van der Waals surface area (Å²) in [5, 5.41) is 4.71. The standard InChI is InChI=1S/C19H20ClF4N3O5S/c1-5-6-32-18(29)9-7(2)13(19(30)31-4)33-17(9)25-16(28)8(3)27-12(15(23)24)10(20)11(26-27)14(21)22/h8,14-15H,5-6H2,1-4H3,(H,25,28). The fourth-order valence-corrected chi connectivity index (χ4v) is 4.21. The van der Waals surface area contributed by atoms with Crippen molar-refractivity contribution in [2.75, 3.05) is 19.0 Å². The van der Waals surface area contributed by atoms with Gasteiger partial charge in [-0.25, -0.2) is 31.8 Å². The quantitative estimate of drug-likeness (QED) is 0.359. The number of ether oxygens (including phenoxy) is 2. The average Bonchev–Trinajstić information content (AvgIpc) is 3.27. The van der Waals surface area contributed by atoms with Crippen LogP contribution < -0.4 is 5.32 Å². The van der Waals surface area contributed by atoms with Crippen LogP contribution in [0, 0.1) is 6.92 Å². The van der Waals surface area contributed by atoms with Crippen molar-refractivity contribution in [1.82, 2.24) is 9.78 Å². The van der Waals surface area contributed by atoms with E-state index in [2.05, 4.69) is 15.2 Å². The van der Waals surface area contributed by atoms with E-state index in [-0.39, 0.29) is 27.6 Å². The third-order valence-corrected chi connectivity index (χ3v) is 6.04. The number of carbonyl (C=O) groups excluding carboxylic acids is 3. The Morgan fingerprint density at radius 1 is 1.18 bits per heavy atom. The van der Waals surface area contributed by atoms with E-state index >= 15 is 0 Å². The zero-order valence-electron chi connectivity index (χ0n) is 17.9. The molecule has 182 valence electrons. The van der Waals surface area contributed by atoms with Gasteiger partial charge in [-0.15, -0.1) is 11.3 Å². The molecule has 14 heteroatoms. The second-order valence-corrected chi connectivity index (χ2v) is 8.08. The smallest absolute Gasteiger partial charge is 0.348 e. The van der Waals surface area contributed by atoms with Crippen LogP contribution in [0.5, 0.6) is 0 Å². The number of aromatic nitrogens is 2. The molecule has 0 bridgehead atoms. The molecule has 1 N–H and O–H groups in total. The van der Waals surface area contributed by atoms with Gasteiger partial charge in [-0.1, -0.05) is 18.5 Å². The van der Waals surface area contributed by atoms with E-state index in [1.54, 1.807) is 6.92 Å². The molecule has 2 rings (SSSR count). The molecule has 33 heavy (non-hydrogen) atoms. The lowest BCUT2D eigenvalue weighted by molar-refractivity contribution is -0.119. The molecule has 8 nitrogen and oxygen atoms in total. The minimum atomic E-state index is -3.29. The van der Waals surface area contributed by atoms with Crippen molar-refractivity contribution in [2.24, 2.45) is 0 Å². The first kappa shape index (κ1) is 26.6. The molecule has 2 aromatic rings. The van der Waals surface area contributed by atoms with Crippen LogP contribution in [-0.4, -0.2) is 41.3 Å². The summed E-state index contributed by atoms with van der Waals surface area (Å²) in [5.74, 6) is -2.56. The van der Waals surface area contributed by atoms with Crippen LogP contribution in [0.1, 0.15) is 76.1 Å². The predicted molar refractivity (Wildman–Crippen MR) is 111 cm³/mol. The summed E-state index contributed by atoms with van der Waals surface area (Å²) in [5.41, 5.74) is -2.06. The Balaban J connectivity index is 2.47. The Hall–Kier alpha value is -2.67. The molecule has 0 aliphatic carbocycles. The van der Waals surface area contributed by atoms with Crippen molar-refractivity contribution < 1.29 is 41.4 Å². The van der Waals surface area contributed by atoms with Crippen LogP contribution in [0.15, 0.2) is 0 Å². The van der Waals surface area contributed by atoms with Gasteiger partial charge < -0.3 is 14.8 Å². The van der Waals surface area contributed by atoms with E-state index in [9.17, 15) is 31.9 Å². The molecule has 1 atom stereocenters. The summed E-state index contributed by atoms with van der Waals surface area (Å²) in [7, 11) is 1.13. The maximum Gasteiger partial charge on any atom is 0.348 e. The molecule has 0 saturated carbocycles. The molecule has 1 unspecified atom stereocenters. The van der Waals surface area contributed by atoms with Crippen molar-refractivity contribution in [3.8, 4) is 0 Å². The van der Waals surface area contributed by atoms with Gasteiger partial charge in [0.15, 0.2) is 0 Å². The Morgan fingerprint density at radius 3 is 2.33 bits per heavy atom. The number of hydrogen-bond acceptors (Lipinski definition) is 7. The van der Waals surface area contributed by atoms with Crippen LogP contribution in [0.3, 0.4) is 0 Å². The summed E-state index contributed by atoms with van der Waals surface area (Å²) in [6.45, 7) is 4.42. The molecule has 2 aromatic heterocycles. The van der Waals surface area contributed by atoms with E-state index in [0.29, 0.717) is 22.4 Å². The Kier molecular flexibility index (Phi) is 8.83. The van der Waals surface area contributed by atoms with Gasteiger partial charge >= 0.3 is 11.9 Å². The zero-order valence-corrected chi connectivity index (χ0v) is 19.5. The van der Waals surface area contributed by atoms with Crippen molar-refractivity contribution in [3.63, 3.8) is 0 Å². The molecule has 0 saturated heterocycles. The second kappa shape index (κ2) is 11.0. The first-order valence-corrected chi connectivity index (χ1v) is 10.7. The number of esters is 2. The van der Waals surface area contributed by atoms with Crippen LogP contribution in [0.4, 0.5) is 22.6 Å². The number of hydrogen-bond donors (Lipinski definition) is 1. The van der Waals surface area contributed by atoms with E-state index in [1.165, 1.54) is 6.92 Å². The fraction of sp³-hybridized carbons (Fsp3) is 0.474. The minimum absolute atomic E-state index is 0.0132. The van der Waals surface area contributed by atoms with Gasteiger partial charge in [0.1, 0.15) is 27.3 Å². The maximum absolute atomic E-state index is 13.5. The Bertz CT molecular complexity index is 1060. The molecule has 0 spiro atoms. The van der Waals surface area contributed by atoms with Gasteiger partial charge in [-0.3, -0.25) is 4.79 Å². The minimum Gasteiger partial charge on any atom is -0.465 e. The molecule has 0 fully saturated rings. The van der Waals surface area contributed by atoms with Gasteiger partial charge in [0, 0.05) is 0 Å². The highest BCUT2D eigenvalue weighted by atomic mass is 35.5. The topological polar surface area (TPSA) is 99.5 Å². The first-order valence-electron chi connectivity index (χ1n) is 9.49. The lowest BCUT2D eigenvalue weighted by Crippen LogP contribution is -2.26. The van der Waals surface area contributed by atoms with Crippen molar-refractivity contribution in [2.45, 2.75) is 46.1 Å². The zero-order chi connectivity index (χ0) is 25.0. The molecule has 0 aliphatic heterocycles. The molecular weight excluding hydrogens is 494 g/mol. The van der Waals surface area contributed by atoms with Crippen LogP contribution >= 0.6 is 22.9 Å². The Labute approximate surface area is 194 Å². The van der Waals surface area contributed by atoms with Gasteiger partial charge in [-0.2, -0.15) is 5.10 Å². The molecular formula is C19H20ClF4N3O5S. The van der Waals surface area contributed by atoms with E-state index in [4.69, 9.17) is 16.3 Å². The number of alkyl halides is 4. The third-order valence-electron chi connectivity index (χ3n) is 4.47. The van der Waals surface area contributed by atoms with E-state index in [1.807, 2.05) is 0 Å². The van der Waals surface area contributed by atoms with Gasteiger partial charge in [0.05, 0.1) is 24.3 Å². The van der Waals surface area contributed by atoms with Crippen LogP contribution in [-0.2, 0) is 14.3 Å². The number of nitrogens with one attached hydrogen (secondary N) is 1. The molecule has 0 radical (unpaired) electrons. The van der Waals surface area contributed by atoms with Gasteiger partial charge in [0.25, 0.3) is 12.9 Å². The number of rotatable bonds is 9. The number of nitrogens with zero attached hydrogens (tertiary/aromatic N) is 2. The highest BCUT2D eigenvalue weighted by molar-refractivity contribution is 7.18. The third kappa shape index (κ3) is 5.46. The number of carbonyl (C=O) groups is 3. The lowest BCUT2D eigenvalue weighted by atomic mass is 10.1. The summed E-state index contributed by atoms with van der Waals surface area (Å²) in [4.78, 5) is 37.4. The van der Waals surface area contributed by atoms with Crippen LogP contribution in [0.2, 0.25) is 5.02 Å². The van der Waals surface area contributed by atoms with E-state index < -0.39 is 53.1 Å². The first-order chi connectivity index (χ1) is 15.5. The maximum atomic E-state index is 13.5. The Morgan fingerprint density at radius 2 is 1.82 bits per heavy atom. The largest absolute Gasteiger partial charge is 0.465 e. The fourth-order valence-electron chi connectivity index (χ4n) is 2.81. The number of halogens is 5.